The van der Waals surface area contributed by atoms with Gasteiger partial charge in [-0.25, -0.2) is 4.98 Å². The molecule has 0 radical (unpaired) electrons. The minimum absolute atomic E-state index is 0.0946. The minimum atomic E-state index is -4.52. The van der Waals surface area contributed by atoms with Crippen LogP contribution in [0, 0.1) is 0 Å². The molecule has 7 heteroatoms. The molecule has 0 atom stereocenters. The molecular formula is C11H14F3N3O. The summed E-state index contributed by atoms with van der Waals surface area (Å²) in [5.74, 6) is -0.200. The van der Waals surface area contributed by atoms with E-state index in [1.807, 2.05) is 0 Å². The highest BCUT2D eigenvalue weighted by Crippen LogP contribution is 2.30. The molecule has 0 spiro atoms. The summed E-state index contributed by atoms with van der Waals surface area (Å²) < 4.78 is 42.9. The summed E-state index contributed by atoms with van der Waals surface area (Å²) in [6.45, 7) is 4.12. The molecule has 1 N–H and O–H groups in total. The van der Waals surface area contributed by atoms with Crippen molar-refractivity contribution in [2.24, 2.45) is 0 Å². The van der Waals surface area contributed by atoms with Gasteiger partial charge in [-0.2, -0.15) is 18.2 Å². The Morgan fingerprint density at radius 3 is 2.67 bits per heavy atom. The molecule has 0 fully saturated rings. The van der Waals surface area contributed by atoms with Gasteiger partial charge >= 0.3 is 6.18 Å². The number of halogens is 3. The van der Waals surface area contributed by atoms with Crippen LogP contribution in [0.25, 0.3) is 0 Å². The zero-order valence-electron chi connectivity index (χ0n) is 10.1. The number of aromatic nitrogens is 2. The molecule has 4 nitrogen and oxygen atoms in total. The number of ether oxygens (including phenoxy) is 1. The van der Waals surface area contributed by atoms with Crippen LogP contribution in [-0.2, 0) is 6.18 Å². The van der Waals surface area contributed by atoms with Gasteiger partial charge in [-0.15, -0.1) is 0 Å². The highest BCUT2D eigenvalue weighted by Gasteiger charge is 2.34. The second-order valence-corrected chi connectivity index (χ2v) is 3.32. The average molecular weight is 261 g/mol. The first-order chi connectivity index (χ1) is 8.47. The van der Waals surface area contributed by atoms with Gasteiger partial charge in [0.1, 0.15) is 6.61 Å². The monoisotopic (exact) mass is 261 g/mol. The molecule has 1 aromatic rings. The number of allylic oxidation sites excluding steroid dienone is 1. The normalized spacial score (nSPS) is 11.8. The predicted molar refractivity (Wildman–Crippen MR) is 61.5 cm³/mol. The largest absolute Gasteiger partial charge is 0.473 e. The van der Waals surface area contributed by atoms with Crippen molar-refractivity contribution in [1.82, 2.24) is 9.97 Å². The number of nitrogens with one attached hydrogen (secondary N) is 1. The number of hydrogen-bond donors (Lipinski definition) is 1. The Bertz CT molecular complexity index is 418. The van der Waals surface area contributed by atoms with Gasteiger partial charge in [0.15, 0.2) is 5.69 Å². The standard InChI is InChI=1S/C11H14F3N3O/c1-3-5-6-18-9-7-8(11(12,13)14)16-10(17-9)15-4-2/h3,5,7H,4,6H2,1-2H3,(H,15,16,17)/b5-3+. The maximum atomic E-state index is 12.6. The Labute approximate surface area is 103 Å². The van der Waals surface area contributed by atoms with Crippen molar-refractivity contribution < 1.29 is 17.9 Å². The Morgan fingerprint density at radius 1 is 1.39 bits per heavy atom. The van der Waals surface area contributed by atoms with Gasteiger partial charge in [0.05, 0.1) is 0 Å². The fourth-order valence-electron chi connectivity index (χ4n) is 1.11. The van der Waals surface area contributed by atoms with E-state index in [1.54, 1.807) is 26.0 Å². The molecule has 0 amide bonds. The fourth-order valence-corrected chi connectivity index (χ4v) is 1.11. The molecule has 1 heterocycles. The van der Waals surface area contributed by atoms with Crippen molar-refractivity contribution in [2.45, 2.75) is 20.0 Å². The average Bonchev–Trinajstić information content (AvgIpc) is 2.28. The van der Waals surface area contributed by atoms with Crippen LogP contribution in [0.5, 0.6) is 5.88 Å². The van der Waals surface area contributed by atoms with Crippen molar-refractivity contribution in [2.75, 3.05) is 18.5 Å². The van der Waals surface area contributed by atoms with Gasteiger partial charge in [0.25, 0.3) is 0 Å². The van der Waals surface area contributed by atoms with E-state index in [-0.39, 0.29) is 18.4 Å². The van der Waals surface area contributed by atoms with E-state index >= 15 is 0 Å². The van der Waals surface area contributed by atoms with Crippen molar-refractivity contribution in [3.05, 3.63) is 23.9 Å². The highest BCUT2D eigenvalue weighted by atomic mass is 19.4. The zero-order chi connectivity index (χ0) is 13.6. The third-order valence-electron chi connectivity index (χ3n) is 1.89. The van der Waals surface area contributed by atoms with E-state index in [2.05, 4.69) is 15.3 Å². The molecule has 1 aromatic heterocycles. The first kappa shape index (κ1) is 14.3. The minimum Gasteiger partial charge on any atom is -0.473 e. The fraction of sp³-hybridized carbons (Fsp3) is 0.455. The summed E-state index contributed by atoms with van der Waals surface area (Å²) in [5, 5.41) is 2.63. The molecule has 0 saturated carbocycles. The quantitative estimate of drug-likeness (QED) is 0.828. The summed E-state index contributed by atoms with van der Waals surface area (Å²) in [4.78, 5) is 7.21. The second kappa shape index (κ2) is 6.23. The molecule has 0 aliphatic heterocycles. The molecule has 0 aliphatic rings. The van der Waals surface area contributed by atoms with Crippen LogP contribution in [0.3, 0.4) is 0 Å². The predicted octanol–water partition coefficient (Wildman–Crippen LogP) is 2.88. The van der Waals surface area contributed by atoms with Crippen molar-refractivity contribution in [3.63, 3.8) is 0 Å². The Kier molecular flexibility index (Phi) is 4.94. The molecule has 100 valence electrons. The van der Waals surface area contributed by atoms with Crippen molar-refractivity contribution in [1.29, 1.82) is 0 Å². The number of alkyl halides is 3. The van der Waals surface area contributed by atoms with Gasteiger partial charge in [-0.1, -0.05) is 12.2 Å². The molecule has 1 rings (SSSR count). The summed E-state index contributed by atoms with van der Waals surface area (Å²) in [6.07, 6.45) is -1.12. The first-order valence-corrected chi connectivity index (χ1v) is 5.41. The van der Waals surface area contributed by atoms with Crippen LogP contribution in [0.15, 0.2) is 18.2 Å². The van der Waals surface area contributed by atoms with Crippen molar-refractivity contribution in [3.8, 4) is 5.88 Å². The van der Waals surface area contributed by atoms with E-state index < -0.39 is 11.9 Å². The van der Waals surface area contributed by atoms with E-state index in [9.17, 15) is 13.2 Å². The lowest BCUT2D eigenvalue weighted by molar-refractivity contribution is -0.141. The van der Waals surface area contributed by atoms with Gasteiger partial charge in [-0.05, 0) is 13.8 Å². The molecule has 18 heavy (non-hydrogen) atoms. The molecule has 0 saturated heterocycles. The molecule has 0 bridgehead atoms. The summed E-state index contributed by atoms with van der Waals surface area (Å²) >= 11 is 0. The van der Waals surface area contributed by atoms with Gasteiger partial charge in [0.2, 0.25) is 11.8 Å². The topological polar surface area (TPSA) is 47.0 Å². The lowest BCUT2D eigenvalue weighted by atomic mass is 10.4. The zero-order valence-corrected chi connectivity index (χ0v) is 10.1. The first-order valence-electron chi connectivity index (χ1n) is 5.41. The lowest BCUT2D eigenvalue weighted by Gasteiger charge is -2.10. The Balaban J connectivity index is 2.98. The molecule has 0 aromatic carbocycles. The summed E-state index contributed by atoms with van der Waals surface area (Å²) in [5.41, 5.74) is -1.02. The van der Waals surface area contributed by atoms with Gasteiger partial charge in [-0.3, -0.25) is 0 Å². The maximum Gasteiger partial charge on any atom is 0.433 e. The van der Waals surface area contributed by atoms with Crippen LogP contribution in [0.1, 0.15) is 19.5 Å². The second-order valence-electron chi connectivity index (χ2n) is 3.32. The third-order valence-corrected chi connectivity index (χ3v) is 1.89. The van der Waals surface area contributed by atoms with Gasteiger partial charge < -0.3 is 10.1 Å². The summed E-state index contributed by atoms with van der Waals surface area (Å²) in [7, 11) is 0. The van der Waals surface area contributed by atoms with E-state index in [4.69, 9.17) is 4.74 Å². The Hall–Kier alpha value is -1.79. The molecule has 0 aliphatic carbocycles. The maximum absolute atomic E-state index is 12.6. The van der Waals surface area contributed by atoms with Crippen LogP contribution in [-0.4, -0.2) is 23.1 Å². The van der Waals surface area contributed by atoms with Crippen LogP contribution in [0.2, 0.25) is 0 Å². The number of hydrogen-bond acceptors (Lipinski definition) is 4. The highest BCUT2D eigenvalue weighted by molar-refractivity contribution is 5.31. The van der Waals surface area contributed by atoms with Gasteiger partial charge in [0, 0.05) is 12.6 Å². The SMILES string of the molecule is C/C=C/COc1cc(C(F)(F)F)nc(NCC)n1. The smallest absolute Gasteiger partial charge is 0.433 e. The van der Waals surface area contributed by atoms with Crippen LogP contribution in [0.4, 0.5) is 19.1 Å². The lowest BCUT2D eigenvalue weighted by Crippen LogP contribution is -2.13. The van der Waals surface area contributed by atoms with Crippen molar-refractivity contribution >= 4 is 5.95 Å². The van der Waals surface area contributed by atoms with E-state index in [0.29, 0.717) is 6.54 Å². The number of rotatable bonds is 5. The van der Waals surface area contributed by atoms with Crippen LogP contribution < -0.4 is 10.1 Å². The third kappa shape index (κ3) is 4.23. The Morgan fingerprint density at radius 2 is 2.11 bits per heavy atom. The summed E-state index contributed by atoms with van der Waals surface area (Å²) in [6, 6.07) is 0.782. The molecule has 0 unspecified atom stereocenters. The number of nitrogens with zero attached hydrogens (tertiary/aromatic N) is 2. The van der Waals surface area contributed by atoms with E-state index in [0.717, 1.165) is 6.07 Å². The molecular weight excluding hydrogens is 247 g/mol. The van der Waals surface area contributed by atoms with Crippen LogP contribution >= 0.6 is 0 Å². The van der Waals surface area contributed by atoms with E-state index in [1.165, 1.54) is 0 Å². The number of anilines is 1.